The molecule has 26 heavy (non-hydrogen) atoms. The number of aromatic nitrogens is 1. The van der Waals surface area contributed by atoms with Crippen LogP contribution in [0.5, 0.6) is 5.75 Å². The van der Waals surface area contributed by atoms with Crippen LogP contribution in [-0.4, -0.2) is 18.0 Å². The van der Waals surface area contributed by atoms with Gasteiger partial charge in [-0.2, -0.15) is 0 Å². The van der Waals surface area contributed by atoms with E-state index in [2.05, 4.69) is 15.6 Å². The maximum atomic E-state index is 12.5. The molecule has 0 saturated heterocycles. The van der Waals surface area contributed by atoms with E-state index < -0.39 is 0 Å². The topological polar surface area (TPSA) is 63.2 Å². The summed E-state index contributed by atoms with van der Waals surface area (Å²) in [6.07, 6.45) is 1.61. The van der Waals surface area contributed by atoms with Crippen LogP contribution in [0.4, 0.5) is 17.1 Å². The zero-order valence-electron chi connectivity index (χ0n) is 15.0. The number of anilines is 3. The number of carbonyl (C=O) groups excluding carboxylic acids is 1. The van der Waals surface area contributed by atoms with E-state index in [1.54, 1.807) is 19.4 Å². The van der Waals surface area contributed by atoms with Gasteiger partial charge in [-0.1, -0.05) is 17.7 Å². The fourth-order valence-electron chi connectivity index (χ4n) is 2.61. The highest BCUT2D eigenvalue weighted by Gasteiger charge is 2.10. The zero-order valence-corrected chi connectivity index (χ0v) is 15.0. The molecule has 0 radical (unpaired) electrons. The van der Waals surface area contributed by atoms with Crippen molar-refractivity contribution in [3.8, 4) is 5.75 Å². The number of carbonyl (C=O) groups is 1. The van der Waals surface area contributed by atoms with Crippen LogP contribution in [0.25, 0.3) is 0 Å². The van der Waals surface area contributed by atoms with Crippen molar-refractivity contribution in [2.24, 2.45) is 0 Å². The van der Waals surface area contributed by atoms with Gasteiger partial charge in [0.25, 0.3) is 5.91 Å². The second kappa shape index (κ2) is 7.70. The summed E-state index contributed by atoms with van der Waals surface area (Å²) in [5, 5.41) is 6.17. The fourth-order valence-corrected chi connectivity index (χ4v) is 2.61. The molecule has 3 rings (SSSR count). The van der Waals surface area contributed by atoms with Crippen LogP contribution in [0.15, 0.2) is 60.8 Å². The molecule has 5 nitrogen and oxygen atoms in total. The van der Waals surface area contributed by atoms with Gasteiger partial charge in [-0.15, -0.1) is 0 Å². The number of hydrogen-bond donors (Lipinski definition) is 2. The molecule has 0 aliphatic heterocycles. The Hall–Kier alpha value is -3.34. The largest absolute Gasteiger partial charge is 0.497 e. The van der Waals surface area contributed by atoms with E-state index in [4.69, 9.17) is 4.74 Å². The van der Waals surface area contributed by atoms with E-state index in [9.17, 15) is 4.79 Å². The van der Waals surface area contributed by atoms with Crippen molar-refractivity contribution in [2.45, 2.75) is 13.8 Å². The number of rotatable bonds is 5. The summed E-state index contributed by atoms with van der Waals surface area (Å²) in [7, 11) is 1.63. The molecule has 0 bridgehead atoms. The number of pyridine rings is 1. The van der Waals surface area contributed by atoms with E-state index in [1.807, 2.05) is 62.4 Å². The lowest BCUT2D eigenvalue weighted by Gasteiger charge is -2.11. The Balaban J connectivity index is 1.74. The second-order valence-electron chi connectivity index (χ2n) is 6.06. The smallest absolute Gasteiger partial charge is 0.274 e. The number of nitrogens with zero attached hydrogens (tertiary/aromatic N) is 1. The average Bonchev–Trinajstić information content (AvgIpc) is 2.65. The van der Waals surface area contributed by atoms with E-state index in [1.165, 1.54) is 0 Å². The number of ether oxygens (including phenoxy) is 1. The Bertz CT molecular complexity index is 921. The molecule has 2 N–H and O–H groups in total. The Morgan fingerprint density at radius 1 is 0.962 bits per heavy atom. The molecule has 0 fully saturated rings. The van der Waals surface area contributed by atoms with Gasteiger partial charge in [0.2, 0.25) is 0 Å². The summed E-state index contributed by atoms with van der Waals surface area (Å²) in [6.45, 7) is 3.99. The van der Waals surface area contributed by atoms with Crippen LogP contribution >= 0.6 is 0 Å². The molecule has 3 aromatic rings. The number of benzene rings is 2. The second-order valence-corrected chi connectivity index (χ2v) is 6.06. The molecule has 5 heteroatoms. The van der Waals surface area contributed by atoms with Crippen LogP contribution in [0.3, 0.4) is 0 Å². The van der Waals surface area contributed by atoms with Crippen LogP contribution in [0.2, 0.25) is 0 Å². The minimum Gasteiger partial charge on any atom is -0.497 e. The van der Waals surface area contributed by atoms with E-state index >= 15 is 0 Å². The first kappa shape index (κ1) is 17.5. The molecular weight excluding hydrogens is 326 g/mol. The fraction of sp³-hybridized carbons (Fsp3) is 0.143. The lowest BCUT2D eigenvalue weighted by atomic mass is 10.1. The number of aryl methyl sites for hydroxylation is 2. The number of methoxy groups -OCH3 is 1. The van der Waals surface area contributed by atoms with Gasteiger partial charge >= 0.3 is 0 Å². The standard InChI is InChI=1S/C21H21N3O2/c1-14-4-9-19(15(2)12-14)24-21(25)20-13-17(10-11-22-20)23-16-5-7-18(26-3)8-6-16/h4-13H,1-3H3,(H,22,23)(H,24,25). The third kappa shape index (κ3) is 4.19. The molecule has 1 amide bonds. The predicted molar refractivity (Wildman–Crippen MR) is 104 cm³/mol. The van der Waals surface area contributed by atoms with Crippen molar-refractivity contribution in [3.63, 3.8) is 0 Å². The highest BCUT2D eigenvalue weighted by Crippen LogP contribution is 2.21. The maximum absolute atomic E-state index is 12.5. The molecule has 132 valence electrons. The molecular formula is C21H21N3O2. The van der Waals surface area contributed by atoms with Crippen LogP contribution < -0.4 is 15.4 Å². The van der Waals surface area contributed by atoms with E-state index in [0.29, 0.717) is 5.69 Å². The van der Waals surface area contributed by atoms with Crippen LogP contribution in [0, 0.1) is 13.8 Å². The SMILES string of the molecule is COc1ccc(Nc2ccnc(C(=O)Nc3ccc(C)cc3C)c2)cc1. The quantitative estimate of drug-likeness (QED) is 0.702. The Labute approximate surface area is 153 Å². The van der Waals surface area contributed by atoms with E-state index in [-0.39, 0.29) is 5.91 Å². The summed E-state index contributed by atoms with van der Waals surface area (Å²) < 4.78 is 5.15. The summed E-state index contributed by atoms with van der Waals surface area (Å²) in [4.78, 5) is 16.7. The Morgan fingerprint density at radius 2 is 1.73 bits per heavy atom. The molecule has 0 aliphatic rings. The van der Waals surface area contributed by atoms with Gasteiger partial charge in [0.15, 0.2) is 0 Å². The zero-order chi connectivity index (χ0) is 18.5. The lowest BCUT2D eigenvalue weighted by Crippen LogP contribution is -2.14. The molecule has 2 aromatic carbocycles. The van der Waals surface area contributed by atoms with Crippen molar-refractivity contribution in [2.75, 3.05) is 17.7 Å². The summed E-state index contributed by atoms with van der Waals surface area (Å²) in [5.41, 5.74) is 5.00. The maximum Gasteiger partial charge on any atom is 0.274 e. The molecule has 0 aliphatic carbocycles. The molecule has 0 saturated carbocycles. The first-order chi connectivity index (χ1) is 12.5. The normalized spacial score (nSPS) is 10.3. The molecule has 0 atom stereocenters. The minimum absolute atomic E-state index is 0.240. The molecule has 1 heterocycles. The monoisotopic (exact) mass is 347 g/mol. The van der Waals surface area contributed by atoms with Crippen LogP contribution in [0.1, 0.15) is 21.6 Å². The van der Waals surface area contributed by atoms with Gasteiger partial charge in [0.05, 0.1) is 7.11 Å². The summed E-state index contributed by atoms with van der Waals surface area (Å²) in [5.74, 6) is 0.550. The van der Waals surface area contributed by atoms with E-state index in [0.717, 1.165) is 33.9 Å². The van der Waals surface area contributed by atoms with Crippen LogP contribution in [-0.2, 0) is 0 Å². The van der Waals surface area contributed by atoms with Crippen molar-refractivity contribution in [1.82, 2.24) is 4.98 Å². The molecule has 0 unspecified atom stereocenters. The van der Waals surface area contributed by atoms with Crippen molar-refractivity contribution in [3.05, 3.63) is 77.6 Å². The Morgan fingerprint density at radius 3 is 2.42 bits per heavy atom. The summed E-state index contributed by atoms with van der Waals surface area (Å²) >= 11 is 0. The number of nitrogens with one attached hydrogen (secondary N) is 2. The molecule has 0 spiro atoms. The first-order valence-electron chi connectivity index (χ1n) is 8.31. The van der Waals surface area contributed by atoms with Crippen molar-refractivity contribution >= 4 is 23.0 Å². The van der Waals surface area contributed by atoms with Gasteiger partial charge in [-0.3, -0.25) is 9.78 Å². The average molecular weight is 347 g/mol. The van der Waals surface area contributed by atoms with Gasteiger partial charge < -0.3 is 15.4 Å². The minimum atomic E-state index is -0.240. The predicted octanol–water partition coefficient (Wildman–Crippen LogP) is 4.70. The first-order valence-corrected chi connectivity index (χ1v) is 8.31. The van der Waals surface area contributed by atoms with Gasteiger partial charge in [0, 0.05) is 23.3 Å². The third-order valence-corrected chi connectivity index (χ3v) is 4.00. The highest BCUT2D eigenvalue weighted by molar-refractivity contribution is 6.03. The van der Waals surface area contributed by atoms with Gasteiger partial charge in [-0.05, 0) is 61.9 Å². The van der Waals surface area contributed by atoms with Crippen molar-refractivity contribution < 1.29 is 9.53 Å². The van der Waals surface area contributed by atoms with Gasteiger partial charge in [-0.25, -0.2) is 0 Å². The van der Waals surface area contributed by atoms with Crippen molar-refractivity contribution in [1.29, 1.82) is 0 Å². The number of hydrogen-bond acceptors (Lipinski definition) is 4. The van der Waals surface area contributed by atoms with Gasteiger partial charge in [0.1, 0.15) is 11.4 Å². The summed E-state index contributed by atoms with van der Waals surface area (Å²) in [6, 6.07) is 17.0. The lowest BCUT2D eigenvalue weighted by molar-refractivity contribution is 0.102. The third-order valence-electron chi connectivity index (χ3n) is 4.00. The number of amides is 1. The highest BCUT2D eigenvalue weighted by atomic mass is 16.5. The molecule has 1 aromatic heterocycles. The Kier molecular flexibility index (Phi) is 5.17.